The predicted octanol–water partition coefficient (Wildman–Crippen LogP) is 1.77. The van der Waals surface area contributed by atoms with Crippen molar-refractivity contribution in [2.24, 2.45) is 0 Å². The molecule has 3 nitrogen and oxygen atoms in total. The minimum atomic E-state index is 0.393. The zero-order chi connectivity index (χ0) is 8.81. The lowest BCUT2D eigenvalue weighted by Crippen LogP contribution is -2.02. The summed E-state index contributed by atoms with van der Waals surface area (Å²) in [5, 5.41) is 9.15. The van der Waals surface area contributed by atoms with E-state index in [9.17, 15) is 0 Å². The van der Waals surface area contributed by atoms with Crippen molar-refractivity contribution >= 4 is 0 Å². The molecule has 0 fully saturated rings. The molecular weight excluding hydrogens is 156 g/mol. The van der Waals surface area contributed by atoms with Crippen LogP contribution in [0.15, 0.2) is 23.7 Å². The number of aliphatic hydroxyl groups excluding tert-OH is 1. The summed E-state index contributed by atoms with van der Waals surface area (Å²) < 4.78 is 10.1. The number of hydrogen-bond donors (Lipinski definition) is 1. The maximum atomic E-state index is 9.15. The van der Waals surface area contributed by atoms with Crippen LogP contribution in [0, 0.1) is 0 Å². The average Bonchev–Trinajstić information content (AvgIpc) is 2.05. The van der Waals surface area contributed by atoms with Gasteiger partial charge < -0.3 is 14.6 Å². The van der Waals surface area contributed by atoms with E-state index in [1.165, 1.54) is 0 Å². The number of allylic oxidation sites excluding steroid dienone is 3. The topological polar surface area (TPSA) is 38.7 Å². The molecule has 0 bridgehead atoms. The molecule has 0 saturated carbocycles. The lowest BCUT2D eigenvalue weighted by atomic mass is 10.1. The smallest absolute Gasteiger partial charge is 0.118 e. The van der Waals surface area contributed by atoms with Crippen LogP contribution in [-0.4, -0.2) is 25.4 Å². The van der Waals surface area contributed by atoms with E-state index in [0.29, 0.717) is 19.0 Å². The molecule has 0 heterocycles. The van der Waals surface area contributed by atoms with E-state index in [-0.39, 0.29) is 0 Å². The van der Waals surface area contributed by atoms with Gasteiger partial charge in [-0.3, -0.25) is 0 Å². The van der Waals surface area contributed by atoms with Gasteiger partial charge in [-0.25, -0.2) is 0 Å². The lowest BCUT2D eigenvalue weighted by Gasteiger charge is -2.10. The fourth-order valence-corrected chi connectivity index (χ4v) is 1.00. The second-order valence-electron chi connectivity index (χ2n) is 2.62. The van der Waals surface area contributed by atoms with Crippen molar-refractivity contribution in [2.75, 3.05) is 20.3 Å². The second kappa shape index (κ2) is 4.83. The molecule has 0 spiro atoms. The van der Waals surface area contributed by atoms with Crippen LogP contribution >= 0.6 is 0 Å². The molecule has 0 amide bonds. The molecule has 12 heavy (non-hydrogen) atoms. The van der Waals surface area contributed by atoms with Crippen molar-refractivity contribution in [2.45, 2.75) is 12.8 Å². The molecule has 1 aliphatic carbocycles. The predicted molar refractivity (Wildman–Crippen MR) is 45.9 cm³/mol. The Morgan fingerprint density at radius 1 is 1.50 bits per heavy atom. The number of hydrogen-bond acceptors (Lipinski definition) is 3. The van der Waals surface area contributed by atoms with Gasteiger partial charge in [0.05, 0.1) is 12.4 Å². The summed E-state index contributed by atoms with van der Waals surface area (Å²) in [6, 6.07) is 0. The van der Waals surface area contributed by atoms with E-state index in [4.69, 9.17) is 14.6 Å². The molecule has 0 aromatic rings. The minimum Gasteiger partial charge on any atom is -0.512 e. The summed E-state index contributed by atoms with van der Waals surface area (Å²) in [7, 11) is 1.63. The fourth-order valence-electron chi connectivity index (χ4n) is 1.00. The molecule has 68 valence electrons. The van der Waals surface area contributed by atoms with Crippen molar-refractivity contribution < 1.29 is 14.6 Å². The van der Waals surface area contributed by atoms with Crippen LogP contribution in [0.2, 0.25) is 0 Å². The summed E-state index contributed by atoms with van der Waals surface area (Å²) in [6.45, 7) is 1.11. The molecule has 1 rings (SSSR count). The largest absolute Gasteiger partial charge is 0.512 e. The molecule has 0 unspecified atom stereocenters. The van der Waals surface area contributed by atoms with Gasteiger partial charge in [-0.1, -0.05) is 0 Å². The first kappa shape index (κ1) is 9.13. The number of aliphatic hydroxyl groups is 1. The highest BCUT2D eigenvalue weighted by Crippen LogP contribution is 2.15. The molecule has 0 saturated heterocycles. The Morgan fingerprint density at radius 2 is 2.33 bits per heavy atom. The Kier molecular flexibility index (Phi) is 3.67. The molecule has 0 aromatic heterocycles. The number of rotatable bonds is 4. The second-order valence-corrected chi connectivity index (χ2v) is 2.62. The molecular formula is C9H14O3. The molecule has 0 radical (unpaired) electrons. The minimum absolute atomic E-state index is 0.393. The van der Waals surface area contributed by atoms with Crippen LogP contribution in [0.25, 0.3) is 0 Å². The zero-order valence-electron chi connectivity index (χ0n) is 7.25. The van der Waals surface area contributed by atoms with Gasteiger partial charge in [0.25, 0.3) is 0 Å². The van der Waals surface area contributed by atoms with E-state index in [1.807, 2.05) is 6.08 Å². The molecule has 0 atom stereocenters. The summed E-state index contributed by atoms with van der Waals surface area (Å²) in [6.07, 6.45) is 5.19. The van der Waals surface area contributed by atoms with Gasteiger partial charge in [-0.2, -0.15) is 0 Å². The first-order valence-corrected chi connectivity index (χ1v) is 4.04. The van der Waals surface area contributed by atoms with Gasteiger partial charge in [-0.05, 0) is 12.5 Å². The Labute approximate surface area is 72.3 Å². The standard InChI is InChI=1S/C9H14O3/c1-11-5-6-12-9-4-2-3-8(10)7-9/h4,7,10H,2-3,5-6H2,1H3. The van der Waals surface area contributed by atoms with Crippen LogP contribution in [0.3, 0.4) is 0 Å². The maximum absolute atomic E-state index is 9.15. The van der Waals surface area contributed by atoms with Gasteiger partial charge in [0.1, 0.15) is 12.4 Å². The summed E-state index contributed by atoms with van der Waals surface area (Å²) in [5.74, 6) is 1.14. The maximum Gasteiger partial charge on any atom is 0.118 e. The van der Waals surface area contributed by atoms with E-state index in [1.54, 1.807) is 13.2 Å². The average molecular weight is 170 g/mol. The highest BCUT2D eigenvalue weighted by atomic mass is 16.5. The van der Waals surface area contributed by atoms with E-state index >= 15 is 0 Å². The van der Waals surface area contributed by atoms with Crippen molar-refractivity contribution in [3.05, 3.63) is 23.7 Å². The van der Waals surface area contributed by atoms with Gasteiger partial charge in [0.2, 0.25) is 0 Å². The highest BCUT2D eigenvalue weighted by molar-refractivity contribution is 5.19. The molecule has 0 aliphatic heterocycles. The Balaban J connectivity index is 2.27. The summed E-state index contributed by atoms with van der Waals surface area (Å²) in [4.78, 5) is 0. The Bertz CT molecular complexity index is 194. The Morgan fingerprint density at radius 3 is 3.00 bits per heavy atom. The van der Waals surface area contributed by atoms with Crippen molar-refractivity contribution in [1.82, 2.24) is 0 Å². The molecule has 1 N–H and O–H groups in total. The van der Waals surface area contributed by atoms with Gasteiger partial charge in [-0.15, -0.1) is 0 Å². The summed E-state index contributed by atoms with van der Waals surface area (Å²) in [5.41, 5.74) is 0. The molecule has 3 heteroatoms. The van der Waals surface area contributed by atoms with E-state index < -0.39 is 0 Å². The first-order valence-electron chi connectivity index (χ1n) is 4.04. The number of ether oxygens (including phenoxy) is 2. The van der Waals surface area contributed by atoms with Crippen LogP contribution < -0.4 is 0 Å². The normalized spacial score (nSPS) is 16.8. The monoisotopic (exact) mass is 170 g/mol. The number of methoxy groups -OCH3 is 1. The van der Waals surface area contributed by atoms with Gasteiger partial charge >= 0.3 is 0 Å². The van der Waals surface area contributed by atoms with E-state index in [2.05, 4.69) is 0 Å². The van der Waals surface area contributed by atoms with Gasteiger partial charge in [0.15, 0.2) is 0 Å². The van der Waals surface area contributed by atoms with Crippen LogP contribution in [0.1, 0.15) is 12.8 Å². The lowest BCUT2D eigenvalue weighted by molar-refractivity contribution is 0.113. The summed E-state index contributed by atoms with van der Waals surface area (Å²) >= 11 is 0. The third-order valence-electron chi connectivity index (χ3n) is 1.61. The third kappa shape index (κ3) is 2.96. The highest BCUT2D eigenvalue weighted by Gasteiger charge is 2.03. The van der Waals surface area contributed by atoms with Crippen molar-refractivity contribution in [3.8, 4) is 0 Å². The first-order chi connectivity index (χ1) is 5.83. The quantitative estimate of drug-likeness (QED) is 0.653. The van der Waals surface area contributed by atoms with Crippen molar-refractivity contribution in [1.29, 1.82) is 0 Å². The Hall–Kier alpha value is -0.960. The van der Waals surface area contributed by atoms with Crippen molar-refractivity contribution in [3.63, 3.8) is 0 Å². The van der Waals surface area contributed by atoms with Crippen LogP contribution in [0.5, 0.6) is 0 Å². The van der Waals surface area contributed by atoms with E-state index in [0.717, 1.165) is 18.6 Å². The molecule has 1 aliphatic rings. The van der Waals surface area contributed by atoms with Crippen LogP contribution in [-0.2, 0) is 9.47 Å². The van der Waals surface area contributed by atoms with Gasteiger partial charge in [0, 0.05) is 19.6 Å². The zero-order valence-corrected chi connectivity index (χ0v) is 7.25. The van der Waals surface area contributed by atoms with Crippen LogP contribution in [0.4, 0.5) is 0 Å². The third-order valence-corrected chi connectivity index (χ3v) is 1.61. The fraction of sp³-hybridized carbons (Fsp3) is 0.556. The SMILES string of the molecule is COCCOC1=CCCC(O)=C1. The molecule has 0 aromatic carbocycles.